The van der Waals surface area contributed by atoms with Crippen LogP contribution in [0.3, 0.4) is 0 Å². The molecular weight excluding hydrogens is 893 g/mol. The highest BCUT2D eigenvalue weighted by Crippen LogP contribution is 2.33. The number of ether oxygens (including phenoxy) is 3. The Hall–Kier alpha value is -5.83. The zero-order valence-electron chi connectivity index (χ0n) is 40.9. The van der Waals surface area contributed by atoms with Gasteiger partial charge >= 0.3 is 12.1 Å². The molecule has 2 heterocycles. The van der Waals surface area contributed by atoms with Gasteiger partial charge in [-0.05, 0) is 69.6 Å². The number of carbonyl (C=O) groups excluding carboxylic acids is 8. The molecule has 3 aliphatic rings. The third kappa shape index (κ3) is 19.8. The topological polar surface area (TPSA) is 228 Å². The minimum absolute atomic E-state index is 0.0150. The van der Waals surface area contributed by atoms with Crippen molar-refractivity contribution in [3.05, 3.63) is 60.1 Å². The number of allylic oxidation sites excluding steroid dienone is 4. The molecule has 18 heteroatoms. The van der Waals surface area contributed by atoms with Gasteiger partial charge in [0.25, 0.3) is 0 Å². The van der Waals surface area contributed by atoms with Crippen LogP contribution in [0.25, 0.3) is 0 Å². The number of carbonyl (C=O) groups is 8. The molecule has 0 spiro atoms. The van der Waals surface area contributed by atoms with Gasteiger partial charge in [-0.2, -0.15) is 0 Å². The highest BCUT2D eigenvalue weighted by atomic mass is 32.2. The Balaban J connectivity index is 1.33. The van der Waals surface area contributed by atoms with Crippen LogP contribution >= 0.6 is 11.8 Å². The quantitative estimate of drug-likeness (QED) is 0.0218. The van der Waals surface area contributed by atoms with E-state index in [1.54, 1.807) is 38.3 Å². The molecule has 3 rings (SSSR count). The summed E-state index contributed by atoms with van der Waals surface area (Å²) in [6, 6.07) is -0.875. The fourth-order valence-corrected chi connectivity index (χ4v) is 8.91. The van der Waals surface area contributed by atoms with Crippen LogP contribution in [-0.4, -0.2) is 115 Å². The lowest BCUT2D eigenvalue weighted by Gasteiger charge is -2.29. The summed E-state index contributed by atoms with van der Waals surface area (Å²) in [5.74, 6) is 4.49. The molecule has 0 bridgehead atoms. The van der Waals surface area contributed by atoms with Gasteiger partial charge in [-0.15, -0.1) is 17.7 Å². The number of nitrogens with one attached hydrogen (secondary N) is 5. The Kier molecular flexibility index (Phi) is 24.2. The summed E-state index contributed by atoms with van der Waals surface area (Å²) in [5, 5.41) is 13.2. The molecule has 0 aromatic heterocycles. The van der Waals surface area contributed by atoms with Crippen LogP contribution in [0, 0.1) is 35.0 Å². The molecule has 2 aliphatic heterocycles. The first kappa shape index (κ1) is 56.5. The van der Waals surface area contributed by atoms with Gasteiger partial charge in [-0.25, -0.2) is 9.59 Å². The summed E-state index contributed by atoms with van der Waals surface area (Å²) in [6.45, 7) is 12.0. The SMILES string of the molecule is CC#CC[C@@H](C/C=C\NC(=O)C(NC(=O)\C=C/C=C\C(C)=C\[C@H](C)[C@@H]1CC=C(OC)C(=O)O1)C(C)(C)C)OC(=O)NCCCNC(=O)CCSC1CC(=O)N(CC2CCC(C(=O)NC)CC2)C1=O. The Morgan fingerprint density at radius 2 is 1.74 bits per heavy atom. The second kappa shape index (κ2) is 29.1. The number of cyclic esters (lactones) is 1. The number of nitrogens with zero attached hydrogens (tertiary/aromatic N) is 1. The zero-order valence-corrected chi connectivity index (χ0v) is 41.7. The van der Waals surface area contributed by atoms with Crippen LogP contribution < -0.4 is 26.6 Å². The molecule has 2 unspecified atom stereocenters. The number of likely N-dealkylation sites (tertiary alicyclic amines) is 1. The van der Waals surface area contributed by atoms with Crippen LogP contribution in [0.2, 0.25) is 0 Å². The van der Waals surface area contributed by atoms with Crippen molar-refractivity contribution < 1.29 is 52.6 Å². The van der Waals surface area contributed by atoms with E-state index in [9.17, 15) is 38.4 Å². The number of hydrogen-bond acceptors (Lipinski definition) is 12. The molecule has 68 heavy (non-hydrogen) atoms. The maximum atomic E-state index is 13.2. The summed E-state index contributed by atoms with van der Waals surface area (Å²) in [7, 11) is 3.06. The second-order valence-electron chi connectivity index (χ2n) is 18.2. The van der Waals surface area contributed by atoms with E-state index in [1.807, 2.05) is 46.8 Å². The standard InChI is InChI=1S/C50H72N6O11S/c1-9-10-16-37(17-13-26-53-46(61)44(50(4,5)6)55-42(58)18-12-11-15-33(2)30-34(3)38-23-24-39(65-8)48(63)67-38)66-49(64)54-28-14-27-52-41(57)25-29-68-40-31-43(59)56(47(40)62)32-35-19-21-36(22-20-35)45(60)51-7/h11-13,15,18,24,26,30,34-38,40,44H,14,16-17,19-23,25,27-29,31-32H2,1-8H3,(H,51,60)(H,52,57)(H,53,61)(H,54,64)(H,55,58)/b15-11-,18-12-,26-13-,33-30+/t34-,35?,36?,37-,38-,40?,44?/m0/s1. The van der Waals surface area contributed by atoms with Gasteiger partial charge in [0.2, 0.25) is 35.4 Å². The van der Waals surface area contributed by atoms with Crippen molar-refractivity contribution in [2.45, 2.75) is 129 Å². The number of amides is 7. The molecule has 1 aliphatic carbocycles. The smallest absolute Gasteiger partial charge is 0.407 e. The largest absolute Gasteiger partial charge is 0.490 e. The molecule has 0 radical (unpaired) electrons. The fourth-order valence-electron chi connectivity index (χ4n) is 7.79. The van der Waals surface area contributed by atoms with Gasteiger partial charge in [0, 0.05) is 82.5 Å². The molecular formula is C50H72N6O11S. The third-order valence-electron chi connectivity index (χ3n) is 11.7. The van der Waals surface area contributed by atoms with E-state index in [0.29, 0.717) is 31.7 Å². The summed E-state index contributed by atoms with van der Waals surface area (Å²) in [6.07, 6.45) is 16.6. The number of rotatable bonds is 24. The van der Waals surface area contributed by atoms with E-state index in [-0.39, 0.29) is 85.5 Å². The lowest BCUT2D eigenvalue weighted by molar-refractivity contribution is -0.151. The monoisotopic (exact) mass is 964 g/mol. The molecule has 0 aromatic carbocycles. The Bertz CT molecular complexity index is 2000. The first-order chi connectivity index (χ1) is 32.4. The van der Waals surface area contributed by atoms with Crippen LogP contribution in [0.15, 0.2) is 60.1 Å². The number of alkyl carbamates (subject to hydrolysis) is 1. The van der Waals surface area contributed by atoms with Crippen molar-refractivity contribution in [2.24, 2.45) is 23.2 Å². The molecule has 5 atom stereocenters. The molecule has 1 saturated heterocycles. The highest BCUT2D eigenvalue weighted by molar-refractivity contribution is 8.00. The minimum atomic E-state index is -0.875. The summed E-state index contributed by atoms with van der Waals surface area (Å²) < 4.78 is 16.0. The summed E-state index contributed by atoms with van der Waals surface area (Å²) in [5.41, 5.74) is 0.285. The molecule has 5 N–H and O–H groups in total. The summed E-state index contributed by atoms with van der Waals surface area (Å²) in [4.78, 5) is 102. The lowest BCUT2D eigenvalue weighted by Crippen LogP contribution is -2.52. The molecule has 17 nitrogen and oxygen atoms in total. The number of thioether (sulfide) groups is 1. The molecule has 2 fully saturated rings. The predicted molar refractivity (Wildman–Crippen MR) is 260 cm³/mol. The third-order valence-corrected chi connectivity index (χ3v) is 12.9. The van der Waals surface area contributed by atoms with E-state index >= 15 is 0 Å². The number of imide groups is 1. The fraction of sp³-hybridized carbons (Fsp3) is 0.600. The van der Waals surface area contributed by atoms with Crippen LogP contribution in [-0.2, 0) is 47.8 Å². The van der Waals surface area contributed by atoms with E-state index in [2.05, 4.69) is 38.4 Å². The lowest BCUT2D eigenvalue weighted by atomic mass is 9.81. The van der Waals surface area contributed by atoms with Crippen molar-refractivity contribution in [2.75, 3.05) is 39.5 Å². The average Bonchev–Trinajstić information content (AvgIpc) is 3.56. The molecule has 7 amide bonds. The van der Waals surface area contributed by atoms with Gasteiger partial charge in [0.1, 0.15) is 18.2 Å². The van der Waals surface area contributed by atoms with Crippen molar-refractivity contribution >= 4 is 59.3 Å². The molecule has 374 valence electrons. The number of hydrogen-bond donors (Lipinski definition) is 5. The van der Waals surface area contributed by atoms with E-state index < -0.39 is 46.7 Å². The van der Waals surface area contributed by atoms with Crippen LogP contribution in [0.5, 0.6) is 0 Å². The zero-order chi connectivity index (χ0) is 50.2. The van der Waals surface area contributed by atoms with Gasteiger partial charge in [0.15, 0.2) is 5.76 Å². The molecule has 0 aromatic rings. The van der Waals surface area contributed by atoms with Crippen LogP contribution in [0.1, 0.15) is 106 Å². The van der Waals surface area contributed by atoms with Gasteiger partial charge in [-0.3, -0.25) is 33.7 Å². The van der Waals surface area contributed by atoms with E-state index in [0.717, 1.165) is 31.3 Å². The second-order valence-corrected chi connectivity index (χ2v) is 19.5. The Morgan fingerprint density at radius 1 is 1.03 bits per heavy atom. The van der Waals surface area contributed by atoms with Gasteiger partial charge in [0.05, 0.1) is 12.4 Å². The van der Waals surface area contributed by atoms with E-state index in [1.165, 1.54) is 36.0 Å². The van der Waals surface area contributed by atoms with Crippen molar-refractivity contribution in [1.29, 1.82) is 0 Å². The van der Waals surface area contributed by atoms with E-state index in [4.69, 9.17) is 14.2 Å². The normalized spacial score (nSPS) is 21.3. The maximum absolute atomic E-state index is 13.2. The minimum Gasteiger partial charge on any atom is -0.490 e. The first-order valence-electron chi connectivity index (χ1n) is 23.4. The van der Waals surface area contributed by atoms with Crippen LogP contribution in [0.4, 0.5) is 4.79 Å². The van der Waals surface area contributed by atoms with Crippen molar-refractivity contribution in [3.63, 3.8) is 0 Å². The highest BCUT2D eigenvalue weighted by Gasteiger charge is 2.40. The van der Waals surface area contributed by atoms with Crippen molar-refractivity contribution in [1.82, 2.24) is 31.5 Å². The summed E-state index contributed by atoms with van der Waals surface area (Å²) >= 11 is 1.31. The maximum Gasteiger partial charge on any atom is 0.407 e. The predicted octanol–water partition coefficient (Wildman–Crippen LogP) is 4.90. The Labute approximate surface area is 405 Å². The molecule has 1 saturated carbocycles. The van der Waals surface area contributed by atoms with Crippen molar-refractivity contribution in [3.8, 4) is 11.8 Å². The number of esters is 1. The first-order valence-corrected chi connectivity index (χ1v) is 24.4. The number of methoxy groups -OCH3 is 1. The Morgan fingerprint density at radius 3 is 2.40 bits per heavy atom. The average molecular weight is 965 g/mol. The van der Waals surface area contributed by atoms with Gasteiger partial charge in [-0.1, -0.05) is 69.6 Å². The van der Waals surface area contributed by atoms with Gasteiger partial charge < -0.3 is 40.8 Å².